The normalized spacial score (nSPS) is 16.0. The summed E-state index contributed by atoms with van der Waals surface area (Å²) in [6, 6.07) is 9.83. The average Bonchev–Trinajstić information content (AvgIpc) is 2.82. The van der Waals surface area contributed by atoms with Crippen LogP contribution in [0.1, 0.15) is 105 Å². The van der Waals surface area contributed by atoms with E-state index in [4.69, 9.17) is 9.47 Å². The lowest BCUT2D eigenvalue weighted by molar-refractivity contribution is -0.161. The van der Waals surface area contributed by atoms with Crippen LogP contribution >= 0.6 is 0 Å². The first-order chi connectivity index (χ1) is 16.3. The van der Waals surface area contributed by atoms with E-state index in [1.54, 1.807) is 20.8 Å². The summed E-state index contributed by atoms with van der Waals surface area (Å²) in [6.07, 6.45) is 4.03. The zero-order chi connectivity index (χ0) is 26.7. The minimum atomic E-state index is -1.12. The summed E-state index contributed by atoms with van der Waals surface area (Å²) in [7, 11) is 0. The van der Waals surface area contributed by atoms with Crippen molar-refractivity contribution in [2.24, 2.45) is 16.2 Å². The lowest BCUT2D eigenvalue weighted by Gasteiger charge is -2.38. The van der Waals surface area contributed by atoms with Crippen molar-refractivity contribution < 1.29 is 29.0 Å². The maximum atomic E-state index is 13.3. The molecule has 198 valence electrons. The maximum Gasteiger partial charge on any atom is 0.311 e. The third kappa shape index (κ3) is 8.97. The molecule has 0 radical (unpaired) electrons. The molecule has 0 saturated carbocycles. The Hall–Kier alpha value is -2.37. The van der Waals surface area contributed by atoms with Gasteiger partial charge in [0.05, 0.1) is 29.5 Å². The standard InChI is InChI=1S/C29H46O6/c1-8-11-18-35-25(32)28(6,10-3)19-23(22-15-13-12-14-16-22)20-29(7,26(33)34-17-9-2)21-27(4,5)24(30)31/h12-16,23H,8-11,17-21H2,1-7H3,(H,30,31). The molecule has 0 bridgehead atoms. The first-order valence-corrected chi connectivity index (χ1v) is 13.0. The third-order valence-corrected chi connectivity index (χ3v) is 7.01. The minimum Gasteiger partial charge on any atom is -0.481 e. The summed E-state index contributed by atoms with van der Waals surface area (Å²) in [5.74, 6) is -1.74. The van der Waals surface area contributed by atoms with Crippen LogP contribution in [0.4, 0.5) is 0 Å². The van der Waals surface area contributed by atoms with Crippen molar-refractivity contribution in [3.8, 4) is 0 Å². The van der Waals surface area contributed by atoms with Crippen molar-refractivity contribution in [1.29, 1.82) is 0 Å². The smallest absolute Gasteiger partial charge is 0.311 e. The lowest BCUT2D eigenvalue weighted by atomic mass is 9.66. The zero-order valence-electron chi connectivity index (χ0n) is 22.8. The highest BCUT2D eigenvalue weighted by Gasteiger charge is 2.46. The van der Waals surface area contributed by atoms with E-state index in [-0.39, 0.29) is 24.9 Å². The topological polar surface area (TPSA) is 89.9 Å². The molecule has 0 aliphatic heterocycles. The first kappa shape index (κ1) is 30.7. The number of hydrogen-bond donors (Lipinski definition) is 1. The van der Waals surface area contributed by atoms with Gasteiger partial charge in [0, 0.05) is 0 Å². The summed E-state index contributed by atoms with van der Waals surface area (Å²) in [4.78, 5) is 38.4. The molecule has 3 unspecified atom stereocenters. The Morgan fingerprint density at radius 3 is 1.89 bits per heavy atom. The van der Waals surface area contributed by atoms with E-state index >= 15 is 0 Å². The zero-order valence-corrected chi connectivity index (χ0v) is 22.8. The van der Waals surface area contributed by atoms with Gasteiger partial charge in [0.2, 0.25) is 0 Å². The molecular formula is C29H46O6. The summed E-state index contributed by atoms with van der Waals surface area (Å²) in [5.41, 5.74) is -1.88. The number of unbranched alkanes of at least 4 members (excludes halogenated alkanes) is 1. The van der Waals surface area contributed by atoms with Crippen LogP contribution in [0.25, 0.3) is 0 Å². The van der Waals surface area contributed by atoms with E-state index in [1.807, 2.05) is 51.1 Å². The molecule has 1 aromatic rings. The van der Waals surface area contributed by atoms with Gasteiger partial charge in [-0.15, -0.1) is 0 Å². The number of carboxylic acid groups (broad SMARTS) is 1. The van der Waals surface area contributed by atoms with Crippen molar-refractivity contribution in [2.75, 3.05) is 13.2 Å². The second-order valence-corrected chi connectivity index (χ2v) is 11.0. The number of ether oxygens (including phenoxy) is 2. The van der Waals surface area contributed by atoms with Gasteiger partial charge in [-0.2, -0.15) is 0 Å². The van der Waals surface area contributed by atoms with Crippen molar-refractivity contribution >= 4 is 17.9 Å². The van der Waals surface area contributed by atoms with Crippen LogP contribution in [-0.4, -0.2) is 36.2 Å². The Morgan fingerprint density at radius 2 is 1.37 bits per heavy atom. The number of benzene rings is 1. The fourth-order valence-corrected chi connectivity index (χ4v) is 4.62. The number of rotatable bonds is 16. The molecule has 0 heterocycles. The van der Waals surface area contributed by atoms with E-state index in [1.165, 1.54) is 0 Å². The lowest BCUT2D eigenvalue weighted by Crippen LogP contribution is -2.40. The molecule has 0 aliphatic rings. The van der Waals surface area contributed by atoms with Crippen molar-refractivity contribution in [1.82, 2.24) is 0 Å². The molecule has 3 atom stereocenters. The molecule has 1 N–H and O–H groups in total. The van der Waals surface area contributed by atoms with E-state index in [9.17, 15) is 19.5 Å². The largest absolute Gasteiger partial charge is 0.481 e. The van der Waals surface area contributed by atoms with Crippen LogP contribution in [-0.2, 0) is 23.9 Å². The predicted octanol–water partition coefficient (Wildman–Crippen LogP) is 6.77. The first-order valence-electron chi connectivity index (χ1n) is 13.0. The summed E-state index contributed by atoms with van der Waals surface area (Å²) < 4.78 is 11.2. The van der Waals surface area contributed by atoms with Gasteiger partial charge in [-0.1, -0.05) is 57.5 Å². The summed E-state index contributed by atoms with van der Waals surface area (Å²) in [6.45, 7) is 13.6. The van der Waals surface area contributed by atoms with Crippen LogP contribution in [0, 0.1) is 16.2 Å². The van der Waals surface area contributed by atoms with E-state index in [2.05, 4.69) is 6.92 Å². The number of carboxylic acids is 1. The van der Waals surface area contributed by atoms with E-state index < -0.39 is 28.2 Å². The number of carbonyl (C=O) groups is 3. The maximum absolute atomic E-state index is 13.3. The Balaban J connectivity index is 3.40. The fourth-order valence-electron chi connectivity index (χ4n) is 4.62. The highest BCUT2D eigenvalue weighted by molar-refractivity contribution is 5.80. The van der Waals surface area contributed by atoms with Gasteiger partial charge >= 0.3 is 17.9 Å². The van der Waals surface area contributed by atoms with Gasteiger partial charge in [0.15, 0.2) is 0 Å². The second-order valence-electron chi connectivity index (χ2n) is 11.0. The van der Waals surface area contributed by atoms with Crippen LogP contribution in [0.5, 0.6) is 0 Å². The summed E-state index contributed by atoms with van der Waals surface area (Å²) >= 11 is 0. The van der Waals surface area contributed by atoms with Crippen LogP contribution in [0.3, 0.4) is 0 Å². The molecule has 0 saturated heterocycles. The van der Waals surface area contributed by atoms with Gasteiger partial charge < -0.3 is 14.6 Å². The molecule has 35 heavy (non-hydrogen) atoms. The quantitative estimate of drug-likeness (QED) is 0.203. The molecule has 0 aliphatic carbocycles. The Morgan fingerprint density at radius 1 is 0.829 bits per heavy atom. The predicted molar refractivity (Wildman–Crippen MR) is 138 cm³/mol. The molecule has 0 amide bonds. The molecule has 6 heteroatoms. The van der Waals surface area contributed by atoms with Crippen LogP contribution in [0.15, 0.2) is 30.3 Å². The Kier molecular flexibility index (Phi) is 12.0. The highest BCUT2D eigenvalue weighted by Crippen LogP contribution is 2.46. The Labute approximate surface area is 211 Å². The molecular weight excluding hydrogens is 444 g/mol. The molecule has 0 aromatic heterocycles. The van der Waals surface area contributed by atoms with Crippen LogP contribution < -0.4 is 0 Å². The molecule has 1 rings (SSSR count). The van der Waals surface area contributed by atoms with Crippen LogP contribution in [0.2, 0.25) is 0 Å². The van der Waals surface area contributed by atoms with Crippen molar-refractivity contribution in [3.63, 3.8) is 0 Å². The summed E-state index contributed by atoms with van der Waals surface area (Å²) in [5, 5.41) is 9.80. The van der Waals surface area contributed by atoms with Crippen molar-refractivity contribution in [3.05, 3.63) is 35.9 Å². The van der Waals surface area contributed by atoms with Crippen molar-refractivity contribution in [2.45, 2.75) is 99.3 Å². The molecule has 6 nitrogen and oxygen atoms in total. The molecule has 1 aromatic carbocycles. The van der Waals surface area contributed by atoms with Gasteiger partial charge in [-0.3, -0.25) is 14.4 Å². The number of esters is 2. The van der Waals surface area contributed by atoms with E-state index in [0.717, 1.165) is 18.4 Å². The average molecular weight is 491 g/mol. The van der Waals surface area contributed by atoms with Gasteiger partial charge in [0.1, 0.15) is 0 Å². The third-order valence-electron chi connectivity index (χ3n) is 7.01. The highest BCUT2D eigenvalue weighted by atomic mass is 16.5. The number of carbonyl (C=O) groups excluding carboxylic acids is 2. The molecule has 0 spiro atoms. The SMILES string of the molecule is CCCCOC(=O)C(C)(CC)CC(CC(C)(CC(C)(C)C(=O)O)C(=O)OCCC)c1ccccc1. The second kappa shape index (κ2) is 13.6. The van der Waals surface area contributed by atoms with Gasteiger partial charge in [-0.25, -0.2) is 0 Å². The minimum absolute atomic E-state index is 0.130. The fraction of sp³-hybridized carbons (Fsp3) is 0.690. The van der Waals surface area contributed by atoms with Gasteiger partial charge in [0.25, 0.3) is 0 Å². The number of aliphatic carboxylic acids is 1. The number of hydrogen-bond acceptors (Lipinski definition) is 5. The Bertz CT molecular complexity index is 818. The van der Waals surface area contributed by atoms with Gasteiger partial charge in [-0.05, 0) is 77.7 Å². The van der Waals surface area contributed by atoms with E-state index in [0.29, 0.717) is 32.3 Å². The monoisotopic (exact) mass is 490 g/mol. The molecule has 0 fully saturated rings.